The Balaban J connectivity index is 2.22. The molecule has 164 valence electrons. The molecule has 0 spiro atoms. The molecule has 0 aliphatic carbocycles. The number of unbranched alkanes of at least 4 members (excludes halogenated alkanes) is 2. The van der Waals surface area contributed by atoms with Gasteiger partial charge in [-0.2, -0.15) is 0 Å². The van der Waals surface area contributed by atoms with Crippen molar-refractivity contribution < 1.29 is 23.8 Å². The lowest BCUT2D eigenvalue weighted by Gasteiger charge is -2.20. The van der Waals surface area contributed by atoms with Gasteiger partial charge in [0.25, 0.3) is 5.91 Å². The molecule has 0 aliphatic rings. The van der Waals surface area contributed by atoms with Crippen LogP contribution < -0.4 is 15.7 Å². The Bertz CT molecular complexity index is 949. The summed E-state index contributed by atoms with van der Waals surface area (Å²) in [5.41, 5.74) is 1.59. The number of carbonyl (C=O) groups excluding carboxylic acids is 1. The molecule has 2 rings (SSSR count). The summed E-state index contributed by atoms with van der Waals surface area (Å²) in [5, 5.41) is 12.7. The number of aliphatic carboxylic acids is 1. The number of nitrogens with one attached hydrogen (secondary N) is 1. The third-order valence-electron chi connectivity index (χ3n) is 5.13. The van der Waals surface area contributed by atoms with E-state index in [1.165, 1.54) is 6.07 Å². The van der Waals surface area contributed by atoms with Crippen molar-refractivity contribution in [1.82, 2.24) is 5.32 Å². The van der Waals surface area contributed by atoms with E-state index in [2.05, 4.69) is 12.2 Å². The van der Waals surface area contributed by atoms with E-state index >= 15 is 0 Å². The van der Waals surface area contributed by atoms with Crippen LogP contribution in [0.2, 0.25) is 0 Å². The van der Waals surface area contributed by atoms with E-state index in [0.29, 0.717) is 29.7 Å². The van der Waals surface area contributed by atoms with Gasteiger partial charge in [0, 0.05) is 17.0 Å². The van der Waals surface area contributed by atoms with Gasteiger partial charge in [-0.1, -0.05) is 33.1 Å². The van der Waals surface area contributed by atoms with Gasteiger partial charge in [0.05, 0.1) is 0 Å². The predicted octanol–water partition coefficient (Wildman–Crippen LogP) is 3.97. The lowest BCUT2D eigenvalue weighted by atomic mass is 10.0. The van der Waals surface area contributed by atoms with E-state index < -0.39 is 29.6 Å². The molecule has 2 aromatic rings. The zero-order valence-corrected chi connectivity index (χ0v) is 18.1. The molecule has 7 heteroatoms. The molecule has 0 radical (unpaired) electrons. The molecule has 0 unspecified atom stereocenters. The van der Waals surface area contributed by atoms with E-state index in [1.54, 1.807) is 19.9 Å². The molecule has 1 heterocycles. The molecule has 0 saturated heterocycles. The normalized spacial score (nSPS) is 13.1. The summed E-state index contributed by atoms with van der Waals surface area (Å²) in [7, 11) is 0. The molecule has 2 N–H and O–H groups in total. The van der Waals surface area contributed by atoms with Crippen LogP contribution >= 0.6 is 0 Å². The Kier molecular flexibility index (Phi) is 8.45. The maximum atomic E-state index is 12.5. The quantitative estimate of drug-likeness (QED) is 0.536. The SMILES string of the molecule is CCCCc1cc(=O)oc2c(C)c(O[C@@H](C)C(=O)N[C@H](CCCC)C(=O)O)ccc12. The zero-order chi connectivity index (χ0) is 22.3. The fourth-order valence-corrected chi connectivity index (χ4v) is 3.31. The largest absolute Gasteiger partial charge is 0.480 e. The first-order chi connectivity index (χ1) is 14.3. The average Bonchev–Trinajstić information content (AvgIpc) is 2.71. The minimum absolute atomic E-state index is 0.366. The van der Waals surface area contributed by atoms with Crippen LogP contribution in [0.15, 0.2) is 27.4 Å². The molecule has 0 bridgehead atoms. The van der Waals surface area contributed by atoms with Crippen LogP contribution in [0.5, 0.6) is 5.75 Å². The number of hydrogen-bond donors (Lipinski definition) is 2. The van der Waals surface area contributed by atoms with Crippen LogP contribution in [0.4, 0.5) is 0 Å². The number of amides is 1. The van der Waals surface area contributed by atoms with Gasteiger partial charge in [-0.05, 0) is 50.8 Å². The first-order valence-corrected chi connectivity index (χ1v) is 10.5. The molecule has 1 amide bonds. The van der Waals surface area contributed by atoms with Gasteiger partial charge in [0.15, 0.2) is 6.10 Å². The Hall–Kier alpha value is -2.83. The van der Waals surface area contributed by atoms with E-state index in [-0.39, 0.29) is 0 Å². The topological polar surface area (TPSA) is 106 Å². The van der Waals surface area contributed by atoms with Crippen molar-refractivity contribution in [1.29, 1.82) is 0 Å². The number of carbonyl (C=O) groups is 2. The van der Waals surface area contributed by atoms with Crippen molar-refractivity contribution in [2.75, 3.05) is 0 Å². The van der Waals surface area contributed by atoms with Crippen LogP contribution in [0, 0.1) is 6.92 Å². The van der Waals surface area contributed by atoms with Crippen molar-refractivity contribution in [3.05, 3.63) is 39.7 Å². The molecule has 2 atom stereocenters. The lowest BCUT2D eigenvalue weighted by molar-refractivity contribution is -0.143. The van der Waals surface area contributed by atoms with Gasteiger partial charge in [0.2, 0.25) is 0 Å². The van der Waals surface area contributed by atoms with Crippen LogP contribution in [0.1, 0.15) is 64.0 Å². The van der Waals surface area contributed by atoms with Gasteiger partial charge in [0.1, 0.15) is 17.4 Å². The molecule has 30 heavy (non-hydrogen) atoms. The molecule has 7 nitrogen and oxygen atoms in total. The molecule has 1 aromatic heterocycles. The fraction of sp³-hybridized carbons (Fsp3) is 0.522. The van der Waals surface area contributed by atoms with E-state index in [0.717, 1.165) is 36.6 Å². The van der Waals surface area contributed by atoms with Crippen LogP contribution in [-0.2, 0) is 16.0 Å². The number of hydrogen-bond acceptors (Lipinski definition) is 5. The first kappa shape index (κ1) is 23.4. The molecule has 0 aliphatic heterocycles. The van der Waals surface area contributed by atoms with Crippen LogP contribution in [0.3, 0.4) is 0 Å². The highest BCUT2D eigenvalue weighted by Gasteiger charge is 2.24. The Morgan fingerprint density at radius 2 is 1.90 bits per heavy atom. The zero-order valence-electron chi connectivity index (χ0n) is 18.1. The third-order valence-corrected chi connectivity index (χ3v) is 5.13. The summed E-state index contributed by atoms with van der Waals surface area (Å²) in [6.45, 7) is 7.39. The van der Waals surface area contributed by atoms with Crippen LogP contribution in [-0.4, -0.2) is 29.1 Å². The summed E-state index contributed by atoms with van der Waals surface area (Å²) < 4.78 is 11.2. The molecule has 0 fully saturated rings. The van der Waals surface area contributed by atoms with Crippen molar-refractivity contribution in [3.8, 4) is 5.75 Å². The maximum absolute atomic E-state index is 12.5. The summed E-state index contributed by atoms with van der Waals surface area (Å²) in [6, 6.07) is 4.16. The number of benzene rings is 1. The van der Waals surface area contributed by atoms with Gasteiger partial charge in [-0.3, -0.25) is 4.79 Å². The highest BCUT2D eigenvalue weighted by Crippen LogP contribution is 2.29. The summed E-state index contributed by atoms with van der Waals surface area (Å²) in [6.07, 6.45) is 3.78. The Labute approximate surface area is 176 Å². The summed E-state index contributed by atoms with van der Waals surface area (Å²) >= 11 is 0. The van der Waals surface area contributed by atoms with Gasteiger partial charge >= 0.3 is 11.6 Å². The van der Waals surface area contributed by atoms with E-state index in [4.69, 9.17) is 9.15 Å². The fourth-order valence-electron chi connectivity index (χ4n) is 3.31. The smallest absolute Gasteiger partial charge is 0.336 e. The number of carboxylic acids is 1. The molecular weight excluding hydrogens is 386 g/mol. The van der Waals surface area contributed by atoms with Crippen molar-refractivity contribution >= 4 is 22.8 Å². The van der Waals surface area contributed by atoms with Gasteiger partial charge in [-0.15, -0.1) is 0 Å². The van der Waals surface area contributed by atoms with Crippen LogP contribution in [0.25, 0.3) is 11.0 Å². The van der Waals surface area contributed by atoms with Gasteiger partial charge < -0.3 is 19.6 Å². The number of rotatable bonds is 11. The number of ether oxygens (including phenoxy) is 1. The maximum Gasteiger partial charge on any atom is 0.336 e. The average molecular weight is 418 g/mol. The second kappa shape index (κ2) is 10.8. The standard InChI is InChI=1S/C23H31NO6/c1-5-7-9-16-13-20(25)30-21-14(3)19(12-11-17(16)21)29-15(4)22(26)24-18(23(27)28)10-8-6-2/h11-13,15,18H,5-10H2,1-4H3,(H,24,26)(H,27,28)/t15-,18+/m0/s1. The summed E-state index contributed by atoms with van der Waals surface area (Å²) in [5.74, 6) is -1.15. The van der Waals surface area contributed by atoms with E-state index in [1.807, 2.05) is 13.0 Å². The minimum Gasteiger partial charge on any atom is -0.480 e. The Morgan fingerprint density at radius 1 is 1.20 bits per heavy atom. The number of fused-ring (bicyclic) bond motifs is 1. The second-order valence-corrected chi connectivity index (χ2v) is 7.56. The van der Waals surface area contributed by atoms with E-state index in [9.17, 15) is 19.5 Å². The molecule has 1 aromatic carbocycles. The van der Waals surface area contributed by atoms with Crippen molar-refractivity contribution in [2.45, 2.75) is 78.4 Å². The molecular formula is C23H31NO6. The molecule has 0 saturated carbocycles. The second-order valence-electron chi connectivity index (χ2n) is 7.56. The highest BCUT2D eigenvalue weighted by atomic mass is 16.5. The number of carboxylic acid groups (broad SMARTS) is 1. The predicted molar refractivity (Wildman–Crippen MR) is 115 cm³/mol. The minimum atomic E-state index is -1.06. The van der Waals surface area contributed by atoms with Gasteiger partial charge in [-0.25, -0.2) is 9.59 Å². The Morgan fingerprint density at radius 3 is 2.53 bits per heavy atom. The number of aryl methyl sites for hydroxylation is 2. The first-order valence-electron chi connectivity index (χ1n) is 10.5. The van der Waals surface area contributed by atoms with Crippen molar-refractivity contribution in [2.24, 2.45) is 0 Å². The lowest BCUT2D eigenvalue weighted by Crippen LogP contribution is -2.46. The van der Waals surface area contributed by atoms with Crippen molar-refractivity contribution in [3.63, 3.8) is 0 Å². The monoisotopic (exact) mass is 417 g/mol. The highest BCUT2D eigenvalue weighted by molar-refractivity contribution is 5.87. The summed E-state index contributed by atoms with van der Waals surface area (Å²) in [4.78, 5) is 35.8. The third kappa shape index (κ3) is 5.84.